The van der Waals surface area contributed by atoms with Crippen LogP contribution < -0.4 is 21.3 Å². The maximum atomic E-state index is 13.2. The van der Waals surface area contributed by atoms with Crippen LogP contribution in [0.1, 0.15) is 12.0 Å². The van der Waals surface area contributed by atoms with Crippen LogP contribution in [0.25, 0.3) is 0 Å². The van der Waals surface area contributed by atoms with E-state index in [0.717, 1.165) is 36.6 Å². The summed E-state index contributed by atoms with van der Waals surface area (Å²) >= 11 is 0. The Balaban J connectivity index is 1.83. The van der Waals surface area contributed by atoms with Gasteiger partial charge in [0.15, 0.2) is 0 Å². The largest absolute Gasteiger partial charge is 0.368 e. The lowest BCUT2D eigenvalue weighted by atomic mass is 10.2. The molecule has 7 heteroatoms. The first-order chi connectivity index (χ1) is 11.0. The van der Waals surface area contributed by atoms with Crippen LogP contribution in [0.2, 0.25) is 0 Å². The van der Waals surface area contributed by atoms with Crippen molar-refractivity contribution in [3.63, 3.8) is 0 Å². The average Bonchev–Trinajstić information content (AvgIpc) is 2.99. The second-order valence-electron chi connectivity index (χ2n) is 5.77. The highest BCUT2D eigenvalue weighted by Crippen LogP contribution is 2.25. The molecule has 1 aliphatic rings. The lowest BCUT2D eigenvalue weighted by Crippen LogP contribution is -2.30. The number of rotatable bonds is 4. The van der Waals surface area contributed by atoms with Crippen molar-refractivity contribution < 1.29 is 4.39 Å². The molecule has 2 heterocycles. The number of halogens is 1. The Morgan fingerprint density at radius 3 is 2.83 bits per heavy atom. The summed E-state index contributed by atoms with van der Waals surface area (Å²) in [5.74, 6) is 1.37. The number of nitrogen functional groups attached to an aromatic ring is 1. The van der Waals surface area contributed by atoms with Crippen LogP contribution in [-0.2, 0) is 0 Å². The topological polar surface area (TPSA) is 79.1 Å². The fourth-order valence-corrected chi connectivity index (χ4v) is 2.79. The van der Waals surface area contributed by atoms with Crippen molar-refractivity contribution in [1.29, 1.82) is 0 Å². The van der Waals surface area contributed by atoms with Gasteiger partial charge in [-0.3, -0.25) is 0 Å². The first-order valence-electron chi connectivity index (χ1n) is 7.65. The standard InChI is InChI=1S/C16H21FN6/c1-10-7-11(17)3-4-13(10)20-14-8-15(22-16(18)21-14)23-6-5-12(9-23)19-2/h3-4,7-8,12,19H,5-6,9H2,1-2H3,(H3,18,20,21,22)/t12-/m1/s1. The zero-order chi connectivity index (χ0) is 16.4. The van der Waals surface area contributed by atoms with E-state index in [0.29, 0.717) is 11.9 Å². The van der Waals surface area contributed by atoms with E-state index in [9.17, 15) is 4.39 Å². The van der Waals surface area contributed by atoms with Gasteiger partial charge in [0.05, 0.1) is 0 Å². The molecule has 4 N–H and O–H groups in total. The lowest BCUT2D eigenvalue weighted by molar-refractivity contribution is 0.616. The molecule has 1 aromatic heterocycles. The second kappa shape index (κ2) is 6.37. The van der Waals surface area contributed by atoms with Gasteiger partial charge in [-0.05, 0) is 44.2 Å². The molecule has 3 rings (SSSR count). The molecule has 122 valence electrons. The minimum absolute atomic E-state index is 0.220. The second-order valence-corrected chi connectivity index (χ2v) is 5.77. The van der Waals surface area contributed by atoms with Gasteiger partial charge in [-0.25, -0.2) is 4.39 Å². The quantitative estimate of drug-likeness (QED) is 0.801. The van der Waals surface area contributed by atoms with Crippen molar-refractivity contribution in [3.05, 3.63) is 35.6 Å². The molecule has 2 aromatic rings. The number of nitrogens with one attached hydrogen (secondary N) is 2. The van der Waals surface area contributed by atoms with E-state index in [2.05, 4.69) is 25.5 Å². The Hall–Kier alpha value is -2.41. The molecule has 0 bridgehead atoms. The van der Waals surface area contributed by atoms with E-state index >= 15 is 0 Å². The predicted molar refractivity (Wildman–Crippen MR) is 90.5 cm³/mol. The number of hydrogen-bond donors (Lipinski definition) is 3. The number of likely N-dealkylation sites (N-methyl/N-ethyl adjacent to an activating group) is 1. The van der Waals surface area contributed by atoms with Gasteiger partial charge >= 0.3 is 0 Å². The number of nitrogens with two attached hydrogens (primary N) is 1. The van der Waals surface area contributed by atoms with Crippen molar-refractivity contribution in [2.45, 2.75) is 19.4 Å². The van der Waals surface area contributed by atoms with Crippen LogP contribution in [0.3, 0.4) is 0 Å². The molecule has 23 heavy (non-hydrogen) atoms. The lowest BCUT2D eigenvalue weighted by Gasteiger charge is -2.19. The number of hydrogen-bond acceptors (Lipinski definition) is 6. The number of nitrogens with zero attached hydrogens (tertiary/aromatic N) is 3. The smallest absolute Gasteiger partial charge is 0.223 e. The van der Waals surface area contributed by atoms with E-state index in [1.165, 1.54) is 12.1 Å². The summed E-state index contributed by atoms with van der Waals surface area (Å²) in [5.41, 5.74) is 7.45. The van der Waals surface area contributed by atoms with Crippen LogP contribution in [0.5, 0.6) is 0 Å². The summed E-state index contributed by atoms with van der Waals surface area (Å²) in [6, 6.07) is 6.92. The highest BCUT2D eigenvalue weighted by atomic mass is 19.1. The molecular weight excluding hydrogens is 295 g/mol. The number of aryl methyl sites for hydroxylation is 1. The van der Waals surface area contributed by atoms with E-state index in [1.807, 2.05) is 20.0 Å². The third-order valence-electron chi connectivity index (χ3n) is 4.10. The monoisotopic (exact) mass is 316 g/mol. The fraction of sp³-hybridized carbons (Fsp3) is 0.375. The van der Waals surface area contributed by atoms with Gasteiger partial charge in [0, 0.05) is 30.9 Å². The van der Waals surface area contributed by atoms with Crippen molar-refractivity contribution in [3.8, 4) is 0 Å². The maximum Gasteiger partial charge on any atom is 0.223 e. The normalized spacial score (nSPS) is 17.5. The molecule has 0 unspecified atom stereocenters. The molecule has 0 saturated carbocycles. The minimum atomic E-state index is -0.258. The maximum absolute atomic E-state index is 13.2. The third kappa shape index (κ3) is 3.50. The highest BCUT2D eigenvalue weighted by Gasteiger charge is 2.22. The van der Waals surface area contributed by atoms with Gasteiger partial charge < -0.3 is 21.3 Å². The SMILES string of the molecule is CN[C@@H]1CCN(c2cc(Nc3ccc(F)cc3C)nc(N)n2)C1. The van der Waals surface area contributed by atoms with E-state index in [4.69, 9.17) is 5.73 Å². The Labute approximate surface area is 134 Å². The van der Waals surface area contributed by atoms with Crippen LogP contribution in [-0.4, -0.2) is 36.1 Å². The van der Waals surface area contributed by atoms with Gasteiger partial charge in [0.2, 0.25) is 5.95 Å². The van der Waals surface area contributed by atoms with Crippen LogP contribution in [0.4, 0.5) is 27.7 Å². The zero-order valence-electron chi connectivity index (χ0n) is 13.3. The molecule has 6 nitrogen and oxygen atoms in total. The fourth-order valence-electron chi connectivity index (χ4n) is 2.79. The van der Waals surface area contributed by atoms with E-state index < -0.39 is 0 Å². The van der Waals surface area contributed by atoms with Crippen molar-refractivity contribution in [2.24, 2.45) is 0 Å². The molecular formula is C16H21FN6. The predicted octanol–water partition coefficient (Wildman–Crippen LogP) is 2.05. The number of anilines is 4. The Morgan fingerprint density at radius 1 is 1.30 bits per heavy atom. The molecule has 0 aliphatic carbocycles. The minimum Gasteiger partial charge on any atom is -0.368 e. The summed E-state index contributed by atoms with van der Waals surface area (Å²) in [6.07, 6.45) is 1.07. The van der Waals surface area contributed by atoms with Gasteiger partial charge in [0.25, 0.3) is 0 Å². The van der Waals surface area contributed by atoms with E-state index in [1.54, 1.807) is 6.07 Å². The van der Waals surface area contributed by atoms with Gasteiger partial charge in [0.1, 0.15) is 17.5 Å². The van der Waals surface area contributed by atoms with Crippen molar-refractivity contribution >= 4 is 23.3 Å². The molecule has 0 spiro atoms. The Kier molecular flexibility index (Phi) is 4.29. The molecule has 1 saturated heterocycles. The highest BCUT2D eigenvalue weighted by molar-refractivity contribution is 5.64. The van der Waals surface area contributed by atoms with Crippen LogP contribution in [0.15, 0.2) is 24.3 Å². The molecule has 0 radical (unpaired) electrons. The number of aromatic nitrogens is 2. The first kappa shape index (κ1) is 15.5. The summed E-state index contributed by atoms with van der Waals surface area (Å²) in [6.45, 7) is 3.66. The molecule has 1 aliphatic heterocycles. The zero-order valence-corrected chi connectivity index (χ0v) is 13.3. The molecule has 1 aromatic carbocycles. The summed E-state index contributed by atoms with van der Waals surface area (Å²) in [7, 11) is 1.97. The van der Waals surface area contributed by atoms with Crippen LogP contribution >= 0.6 is 0 Å². The van der Waals surface area contributed by atoms with Crippen LogP contribution in [0, 0.1) is 12.7 Å². The Bertz CT molecular complexity index is 705. The first-order valence-corrected chi connectivity index (χ1v) is 7.65. The summed E-state index contributed by atoms with van der Waals surface area (Å²) < 4.78 is 13.2. The molecule has 0 amide bonds. The van der Waals surface area contributed by atoms with Gasteiger partial charge in [-0.2, -0.15) is 9.97 Å². The van der Waals surface area contributed by atoms with Crippen molar-refractivity contribution in [1.82, 2.24) is 15.3 Å². The van der Waals surface area contributed by atoms with Gasteiger partial charge in [-0.1, -0.05) is 0 Å². The average molecular weight is 316 g/mol. The third-order valence-corrected chi connectivity index (χ3v) is 4.10. The van der Waals surface area contributed by atoms with Gasteiger partial charge in [-0.15, -0.1) is 0 Å². The number of benzene rings is 1. The Morgan fingerprint density at radius 2 is 2.13 bits per heavy atom. The van der Waals surface area contributed by atoms with Crippen molar-refractivity contribution in [2.75, 3.05) is 36.1 Å². The summed E-state index contributed by atoms with van der Waals surface area (Å²) in [5, 5.41) is 6.47. The molecule has 1 fully saturated rings. The molecule has 1 atom stereocenters. The summed E-state index contributed by atoms with van der Waals surface area (Å²) in [4.78, 5) is 10.7. The van der Waals surface area contributed by atoms with E-state index in [-0.39, 0.29) is 11.8 Å².